The molecule has 0 bridgehead atoms. The summed E-state index contributed by atoms with van der Waals surface area (Å²) in [4.78, 5) is 32.2. The molecule has 11 nitrogen and oxygen atoms in total. The molecule has 3 heterocycles. The van der Waals surface area contributed by atoms with Crippen molar-refractivity contribution in [1.29, 1.82) is 0 Å². The molecular weight excluding hydrogens is 591 g/mol. The van der Waals surface area contributed by atoms with Crippen molar-refractivity contribution in [2.24, 2.45) is 7.05 Å². The second-order valence-corrected chi connectivity index (χ2v) is 11.7. The summed E-state index contributed by atoms with van der Waals surface area (Å²) in [6.45, 7) is 3.61. The minimum atomic E-state index is -0.649. The van der Waals surface area contributed by atoms with E-state index in [2.05, 4.69) is 25.6 Å². The largest absolute Gasteiger partial charge is 0.508 e. The lowest BCUT2D eigenvalue weighted by atomic mass is 9.91. The van der Waals surface area contributed by atoms with Crippen LogP contribution in [0.3, 0.4) is 0 Å². The fraction of sp³-hybridized carbons (Fsp3) is 0.353. The van der Waals surface area contributed by atoms with Crippen molar-refractivity contribution >= 4 is 11.8 Å². The summed E-state index contributed by atoms with van der Waals surface area (Å²) < 4.78 is 27.5. The Hall–Kier alpha value is -4.81. The predicted molar refractivity (Wildman–Crippen MR) is 168 cm³/mol. The summed E-state index contributed by atoms with van der Waals surface area (Å²) in [6.07, 6.45) is 5.42. The van der Waals surface area contributed by atoms with Gasteiger partial charge in [-0.05, 0) is 78.8 Å². The lowest BCUT2D eigenvalue weighted by Gasteiger charge is -2.29. The van der Waals surface area contributed by atoms with Gasteiger partial charge in [0, 0.05) is 45.0 Å². The minimum absolute atomic E-state index is 0.00591. The van der Waals surface area contributed by atoms with E-state index in [0.717, 1.165) is 42.0 Å². The topological polar surface area (TPSA) is 131 Å². The fourth-order valence-corrected chi connectivity index (χ4v) is 5.94. The second kappa shape index (κ2) is 14.1. The quantitative estimate of drug-likeness (QED) is 0.248. The molecule has 2 aliphatic rings. The zero-order chi connectivity index (χ0) is 32.0. The molecule has 0 spiro atoms. The molecule has 2 aromatic carbocycles. The van der Waals surface area contributed by atoms with E-state index >= 15 is 0 Å². The highest BCUT2D eigenvalue weighted by atomic mass is 19.1. The van der Waals surface area contributed by atoms with Gasteiger partial charge in [-0.2, -0.15) is 5.10 Å². The van der Waals surface area contributed by atoms with Crippen molar-refractivity contribution in [2.45, 2.75) is 44.3 Å². The maximum atomic E-state index is 14.3. The number of carbonyl (C=O) groups excluding carboxylic acids is 2. The first-order chi connectivity index (χ1) is 22.3. The van der Waals surface area contributed by atoms with Gasteiger partial charge in [-0.1, -0.05) is 18.2 Å². The summed E-state index contributed by atoms with van der Waals surface area (Å²) in [5.41, 5.74) is 3.12. The van der Waals surface area contributed by atoms with Crippen molar-refractivity contribution in [3.05, 3.63) is 89.6 Å². The summed E-state index contributed by atoms with van der Waals surface area (Å²) >= 11 is 0. The van der Waals surface area contributed by atoms with Crippen LogP contribution in [0.15, 0.2) is 67.0 Å². The molecule has 6 rings (SSSR count). The molecule has 46 heavy (non-hydrogen) atoms. The summed E-state index contributed by atoms with van der Waals surface area (Å²) in [5.74, 6) is -0.738. The number of hydrogen-bond donors (Lipinski definition) is 3. The number of nitrogens with one attached hydrogen (secondary N) is 2. The normalized spacial score (nSPS) is 18.6. The Balaban J connectivity index is 1.12. The van der Waals surface area contributed by atoms with Crippen molar-refractivity contribution in [2.75, 3.05) is 26.3 Å². The van der Waals surface area contributed by atoms with Gasteiger partial charge in [0.1, 0.15) is 28.6 Å². The van der Waals surface area contributed by atoms with Crippen LogP contribution in [-0.4, -0.2) is 75.0 Å². The third kappa shape index (κ3) is 7.69. The number of benzene rings is 2. The minimum Gasteiger partial charge on any atom is -0.508 e. The number of aromatic hydroxyl groups is 1. The molecule has 1 aliphatic heterocycles. The number of amides is 2. The van der Waals surface area contributed by atoms with Gasteiger partial charge < -0.3 is 25.2 Å². The number of ether oxygens (including phenoxy) is 2. The molecule has 1 saturated carbocycles. The number of aryl methyl sites for hydroxylation is 1. The molecular formula is C34H37FN6O5. The Kier molecular flexibility index (Phi) is 9.55. The highest BCUT2D eigenvalue weighted by Gasteiger charge is 2.26. The fourth-order valence-electron chi connectivity index (χ4n) is 5.94. The standard InChI is InChI=1S/C34H37FN6O5/c1-40-12-11-31(39-40)33(44)38-26-7-5-25(6-8-26)37-32(43)30-19-24(35)20-36-34(30)46-28-4-2-3-22(18-28)29-10-9-27(42)17-23(29)21-41-13-15-45-16-14-41/h2-4,9-12,17-20,25-26,42H,5-8,13-16,21H2,1H3,(H,37,43)(H,38,44)/t25-,26+. The molecule has 0 unspecified atom stereocenters. The van der Waals surface area contributed by atoms with Gasteiger partial charge in [0.25, 0.3) is 11.8 Å². The van der Waals surface area contributed by atoms with E-state index in [4.69, 9.17) is 9.47 Å². The monoisotopic (exact) mass is 628 g/mol. The van der Waals surface area contributed by atoms with Crippen molar-refractivity contribution in [3.63, 3.8) is 0 Å². The molecule has 240 valence electrons. The van der Waals surface area contributed by atoms with Crippen molar-refractivity contribution in [3.8, 4) is 28.5 Å². The number of aromatic nitrogens is 3. The van der Waals surface area contributed by atoms with Crippen LogP contribution < -0.4 is 15.4 Å². The predicted octanol–water partition coefficient (Wildman–Crippen LogP) is 4.42. The highest BCUT2D eigenvalue weighted by molar-refractivity contribution is 5.96. The van der Waals surface area contributed by atoms with Gasteiger partial charge in [-0.15, -0.1) is 0 Å². The number of pyridine rings is 1. The molecule has 2 amide bonds. The highest BCUT2D eigenvalue weighted by Crippen LogP contribution is 2.33. The molecule has 4 aromatic rings. The van der Waals surface area contributed by atoms with Gasteiger partial charge in [-0.3, -0.25) is 19.2 Å². The van der Waals surface area contributed by atoms with Crippen LogP contribution in [-0.2, 0) is 18.3 Å². The van der Waals surface area contributed by atoms with Crippen LogP contribution in [0.2, 0.25) is 0 Å². The third-order valence-corrected chi connectivity index (χ3v) is 8.35. The molecule has 0 radical (unpaired) electrons. The number of rotatable bonds is 9. The average Bonchev–Trinajstić information content (AvgIpc) is 3.50. The maximum absolute atomic E-state index is 14.3. The Morgan fingerprint density at radius 2 is 1.74 bits per heavy atom. The molecule has 1 aliphatic carbocycles. The summed E-state index contributed by atoms with van der Waals surface area (Å²) in [7, 11) is 1.76. The summed E-state index contributed by atoms with van der Waals surface area (Å²) in [5, 5.41) is 20.4. The number of phenolic OH excluding ortho intramolecular Hbond substituents is 1. The number of morpholine rings is 1. The lowest BCUT2D eigenvalue weighted by Crippen LogP contribution is -2.44. The Labute approximate surface area is 266 Å². The van der Waals surface area contributed by atoms with Gasteiger partial charge in [-0.25, -0.2) is 9.37 Å². The van der Waals surface area contributed by atoms with Crippen LogP contribution in [0.25, 0.3) is 11.1 Å². The van der Waals surface area contributed by atoms with E-state index in [1.165, 1.54) is 0 Å². The first kappa shape index (κ1) is 31.2. The molecule has 2 aromatic heterocycles. The number of carbonyl (C=O) groups is 2. The van der Waals surface area contributed by atoms with Crippen LogP contribution in [0.4, 0.5) is 4.39 Å². The number of halogens is 1. The van der Waals surface area contributed by atoms with E-state index in [1.54, 1.807) is 42.2 Å². The zero-order valence-corrected chi connectivity index (χ0v) is 25.6. The second-order valence-electron chi connectivity index (χ2n) is 11.7. The van der Waals surface area contributed by atoms with E-state index in [1.807, 2.05) is 24.3 Å². The lowest BCUT2D eigenvalue weighted by molar-refractivity contribution is 0.0342. The van der Waals surface area contributed by atoms with Crippen molar-refractivity contribution in [1.82, 2.24) is 30.3 Å². The van der Waals surface area contributed by atoms with E-state index in [0.29, 0.717) is 56.9 Å². The Morgan fingerprint density at radius 1 is 1.00 bits per heavy atom. The first-order valence-corrected chi connectivity index (χ1v) is 15.5. The molecule has 12 heteroatoms. The summed E-state index contributed by atoms with van der Waals surface area (Å²) in [6, 6.07) is 15.3. The van der Waals surface area contributed by atoms with Gasteiger partial charge >= 0.3 is 0 Å². The number of hydrogen-bond acceptors (Lipinski definition) is 8. The number of nitrogens with zero attached hydrogens (tertiary/aromatic N) is 4. The zero-order valence-electron chi connectivity index (χ0n) is 25.6. The molecule has 2 fully saturated rings. The van der Waals surface area contributed by atoms with Crippen LogP contribution >= 0.6 is 0 Å². The molecule has 1 saturated heterocycles. The van der Waals surface area contributed by atoms with Crippen LogP contribution in [0.1, 0.15) is 52.1 Å². The van der Waals surface area contributed by atoms with E-state index in [-0.39, 0.29) is 35.2 Å². The molecule has 0 atom stereocenters. The van der Waals surface area contributed by atoms with Gasteiger partial charge in [0.05, 0.1) is 19.4 Å². The van der Waals surface area contributed by atoms with E-state index in [9.17, 15) is 19.1 Å². The van der Waals surface area contributed by atoms with E-state index < -0.39 is 11.7 Å². The average molecular weight is 629 g/mol. The SMILES string of the molecule is Cn1ccc(C(=O)N[C@H]2CC[C@@H](NC(=O)c3cc(F)cnc3Oc3cccc(-c4ccc(O)cc4CN4CCOCC4)c3)CC2)n1. The van der Waals surface area contributed by atoms with Crippen LogP contribution in [0.5, 0.6) is 17.4 Å². The van der Waals surface area contributed by atoms with Crippen LogP contribution in [0, 0.1) is 5.82 Å². The molecule has 3 N–H and O–H groups in total. The Bertz CT molecular complexity index is 1700. The Morgan fingerprint density at radius 3 is 2.46 bits per heavy atom. The maximum Gasteiger partial charge on any atom is 0.271 e. The van der Waals surface area contributed by atoms with Crippen molar-refractivity contribution < 1.29 is 28.6 Å². The number of phenols is 1. The van der Waals surface area contributed by atoms with Gasteiger partial charge in [0.2, 0.25) is 5.88 Å². The smallest absolute Gasteiger partial charge is 0.271 e. The van der Waals surface area contributed by atoms with Gasteiger partial charge in [0.15, 0.2) is 0 Å². The first-order valence-electron chi connectivity index (χ1n) is 15.5. The third-order valence-electron chi connectivity index (χ3n) is 8.35.